The standard InChI is InChI=1S/C8H14F3NO2/c1-6(2)12(3)7(13)4-14-5-8(9,10)11/h6H,4-5H2,1-3H3. The van der Waals surface area contributed by atoms with Crippen LogP contribution in [0.25, 0.3) is 0 Å². The molecule has 0 atom stereocenters. The molecule has 0 spiro atoms. The van der Waals surface area contributed by atoms with Crippen molar-refractivity contribution in [1.29, 1.82) is 0 Å². The predicted molar refractivity (Wildman–Crippen MR) is 44.8 cm³/mol. The van der Waals surface area contributed by atoms with Crippen molar-refractivity contribution in [2.24, 2.45) is 0 Å². The highest BCUT2D eigenvalue weighted by molar-refractivity contribution is 5.77. The second-order valence-electron chi connectivity index (χ2n) is 3.21. The molecule has 0 aliphatic rings. The van der Waals surface area contributed by atoms with Gasteiger partial charge in [0.2, 0.25) is 5.91 Å². The third-order valence-corrected chi connectivity index (χ3v) is 1.66. The molecule has 6 heteroatoms. The number of hydrogen-bond acceptors (Lipinski definition) is 2. The molecule has 1 amide bonds. The zero-order valence-corrected chi connectivity index (χ0v) is 8.39. The van der Waals surface area contributed by atoms with Gasteiger partial charge in [0.25, 0.3) is 0 Å². The molecular formula is C8H14F3NO2. The maximum Gasteiger partial charge on any atom is 0.411 e. The maximum atomic E-state index is 11.6. The molecular weight excluding hydrogens is 199 g/mol. The molecule has 0 bridgehead atoms. The smallest absolute Gasteiger partial charge is 0.362 e. The van der Waals surface area contributed by atoms with E-state index in [1.165, 1.54) is 11.9 Å². The summed E-state index contributed by atoms with van der Waals surface area (Å²) in [6, 6.07) is -0.0445. The van der Waals surface area contributed by atoms with Gasteiger partial charge in [0.15, 0.2) is 0 Å². The lowest BCUT2D eigenvalue weighted by molar-refractivity contribution is -0.177. The van der Waals surface area contributed by atoms with E-state index in [0.29, 0.717) is 0 Å². The first-order valence-corrected chi connectivity index (χ1v) is 4.14. The fourth-order valence-electron chi connectivity index (χ4n) is 0.644. The number of rotatable bonds is 4. The summed E-state index contributed by atoms with van der Waals surface area (Å²) >= 11 is 0. The van der Waals surface area contributed by atoms with Gasteiger partial charge in [-0.1, -0.05) is 0 Å². The average molecular weight is 213 g/mol. The number of hydrogen-bond donors (Lipinski definition) is 0. The number of carbonyl (C=O) groups excluding carboxylic acids is 1. The molecule has 84 valence electrons. The number of alkyl halides is 3. The monoisotopic (exact) mass is 213 g/mol. The highest BCUT2D eigenvalue weighted by Gasteiger charge is 2.28. The Bertz CT molecular complexity index is 192. The Morgan fingerprint density at radius 1 is 1.43 bits per heavy atom. The molecule has 0 saturated carbocycles. The number of likely N-dealkylation sites (N-methyl/N-ethyl adjacent to an activating group) is 1. The van der Waals surface area contributed by atoms with Gasteiger partial charge in [0, 0.05) is 13.1 Å². The number of nitrogens with zero attached hydrogens (tertiary/aromatic N) is 1. The van der Waals surface area contributed by atoms with E-state index in [4.69, 9.17) is 0 Å². The summed E-state index contributed by atoms with van der Waals surface area (Å²) in [4.78, 5) is 12.4. The van der Waals surface area contributed by atoms with Crippen LogP contribution in [0.2, 0.25) is 0 Å². The summed E-state index contributed by atoms with van der Waals surface area (Å²) in [6.45, 7) is 1.61. The van der Waals surface area contributed by atoms with E-state index in [1.807, 2.05) is 0 Å². The van der Waals surface area contributed by atoms with E-state index in [-0.39, 0.29) is 6.04 Å². The summed E-state index contributed by atoms with van der Waals surface area (Å²) < 4.78 is 39.1. The first kappa shape index (κ1) is 13.2. The quantitative estimate of drug-likeness (QED) is 0.707. The van der Waals surface area contributed by atoms with Gasteiger partial charge in [-0.2, -0.15) is 13.2 Å². The van der Waals surface area contributed by atoms with Gasteiger partial charge in [-0.15, -0.1) is 0 Å². The molecule has 0 aliphatic carbocycles. The lowest BCUT2D eigenvalue weighted by atomic mass is 10.3. The Hall–Kier alpha value is -0.780. The van der Waals surface area contributed by atoms with Gasteiger partial charge in [-0.3, -0.25) is 4.79 Å². The van der Waals surface area contributed by atoms with E-state index in [2.05, 4.69) is 4.74 Å². The van der Waals surface area contributed by atoms with Crippen molar-refractivity contribution in [3.05, 3.63) is 0 Å². The second kappa shape index (κ2) is 5.19. The fourth-order valence-corrected chi connectivity index (χ4v) is 0.644. The summed E-state index contributed by atoms with van der Waals surface area (Å²) in [7, 11) is 1.52. The van der Waals surface area contributed by atoms with Crippen LogP contribution in [0.1, 0.15) is 13.8 Å². The maximum absolute atomic E-state index is 11.6. The van der Waals surface area contributed by atoms with Crippen LogP contribution in [0, 0.1) is 0 Å². The number of amides is 1. The lowest BCUT2D eigenvalue weighted by Gasteiger charge is -2.21. The SMILES string of the molecule is CC(C)N(C)C(=O)COCC(F)(F)F. The number of halogens is 3. The summed E-state index contributed by atoms with van der Waals surface area (Å²) in [6.07, 6.45) is -4.38. The van der Waals surface area contributed by atoms with Crippen LogP contribution >= 0.6 is 0 Å². The van der Waals surface area contributed by atoms with Gasteiger partial charge in [-0.25, -0.2) is 0 Å². The minimum atomic E-state index is -4.38. The first-order chi connectivity index (χ1) is 6.24. The van der Waals surface area contributed by atoms with E-state index in [9.17, 15) is 18.0 Å². The molecule has 0 rings (SSSR count). The van der Waals surface area contributed by atoms with Crippen LogP contribution < -0.4 is 0 Å². The number of carbonyl (C=O) groups is 1. The average Bonchev–Trinajstić information content (AvgIpc) is 2.00. The fraction of sp³-hybridized carbons (Fsp3) is 0.875. The van der Waals surface area contributed by atoms with Crippen molar-refractivity contribution in [3.63, 3.8) is 0 Å². The summed E-state index contributed by atoms with van der Waals surface area (Å²) in [5.74, 6) is -0.454. The van der Waals surface area contributed by atoms with Gasteiger partial charge in [-0.05, 0) is 13.8 Å². The molecule has 0 unspecified atom stereocenters. The predicted octanol–water partition coefficient (Wildman–Crippen LogP) is 1.43. The van der Waals surface area contributed by atoms with Crippen LogP contribution in [-0.2, 0) is 9.53 Å². The van der Waals surface area contributed by atoms with E-state index < -0.39 is 25.3 Å². The summed E-state index contributed by atoms with van der Waals surface area (Å²) in [5.41, 5.74) is 0. The third-order valence-electron chi connectivity index (χ3n) is 1.66. The van der Waals surface area contributed by atoms with Crippen LogP contribution in [-0.4, -0.2) is 43.3 Å². The van der Waals surface area contributed by atoms with Crippen molar-refractivity contribution in [3.8, 4) is 0 Å². The van der Waals surface area contributed by atoms with E-state index in [1.54, 1.807) is 13.8 Å². The Labute approximate surface area is 80.8 Å². The van der Waals surface area contributed by atoms with Gasteiger partial charge < -0.3 is 9.64 Å². The van der Waals surface area contributed by atoms with Crippen molar-refractivity contribution in [1.82, 2.24) is 4.90 Å². The van der Waals surface area contributed by atoms with E-state index >= 15 is 0 Å². The van der Waals surface area contributed by atoms with Gasteiger partial charge in [0.1, 0.15) is 13.2 Å². The third kappa shape index (κ3) is 5.80. The van der Waals surface area contributed by atoms with Crippen molar-refractivity contribution >= 4 is 5.91 Å². The van der Waals surface area contributed by atoms with Crippen molar-refractivity contribution < 1.29 is 22.7 Å². The van der Waals surface area contributed by atoms with Crippen LogP contribution in [0.15, 0.2) is 0 Å². The largest absolute Gasteiger partial charge is 0.411 e. The Kier molecular flexibility index (Phi) is 4.90. The zero-order valence-electron chi connectivity index (χ0n) is 8.39. The van der Waals surface area contributed by atoms with E-state index in [0.717, 1.165) is 0 Å². The molecule has 0 saturated heterocycles. The van der Waals surface area contributed by atoms with Crippen molar-refractivity contribution in [2.45, 2.75) is 26.1 Å². The topological polar surface area (TPSA) is 29.5 Å². The molecule has 0 radical (unpaired) electrons. The van der Waals surface area contributed by atoms with Gasteiger partial charge >= 0.3 is 6.18 Å². The Morgan fingerprint density at radius 2 is 1.93 bits per heavy atom. The molecule has 0 heterocycles. The minimum absolute atomic E-state index is 0.0445. The highest BCUT2D eigenvalue weighted by Crippen LogP contribution is 2.14. The molecule has 0 fully saturated rings. The van der Waals surface area contributed by atoms with Crippen LogP contribution in [0.4, 0.5) is 13.2 Å². The molecule has 0 aromatic rings. The highest BCUT2D eigenvalue weighted by atomic mass is 19.4. The first-order valence-electron chi connectivity index (χ1n) is 4.14. The molecule has 0 aliphatic heterocycles. The van der Waals surface area contributed by atoms with Crippen molar-refractivity contribution in [2.75, 3.05) is 20.3 Å². The molecule has 3 nitrogen and oxygen atoms in total. The number of ether oxygens (including phenoxy) is 1. The Morgan fingerprint density at radius 3 is 2.29 bits per heavy atom. The molecule has 0 N–H and O–H groups in total. The molecule has 0 aromatic heterocycles. The molecule has 14 heavy (non-hydrogen) atoms. The minimum Gasteiger partial charge on any atom is -0.362 e. The normalized spacial score (nSPS) is 11.9. The summed E-state index contributed by atoms with van der Waals surface area (Å²) in [5, 5.41) is 0. The van der Waals surface area contributed by atoms with Crippen LogP contribution in [0.3, 0.4) is 0 Å². The van der Waals surface area contributed by atoms with Crippen LogP contribution in [0.5, 0.6) is 0 Å². The molecule has 0 aromatic carbocycles. The Balaban J connectivity index is 3.75. The lowest BCUT2D eigenvalue weighted by Crippen LogP contribution is -2.36. The zero-order chi connectivity index (χ0) is 11.4. The van der Waals surface area contributed by atoms with Gasteiger partial charge in [0.05, 0.1) is 0 Å². The second-order valence-corrected chi connectivity index (χ2v) is 3.21.